The molecule has 0 aliphatic rings. The monoisotopic (exact) mass is 245 g/mol. The number of nitrogens with zero attached hydrogens (tertiary/aromatic N) is 1. The second-order valence-corrected chi connectivity index (χ2v) is 3.51. The van der Waals surface area contributed by atoms with Crippen LogP contribution in [0.25, 0.3) is 0 Å². The minimum Gasteiger partial charge on any atom is -0.479 e. The van der Waals surface area contributed by atoms with Crippen molar-refractivity contribution in [3.05, 3.63) is 38.4 Å². The summed E-state index contributed by atoms with van der Waals surface area (Å²) in [6.45, 7) is 1.41. The molecule has 0 aliphatic carbocycles. The maximum absolute atomic E-state index is 10.7. The SMILES string of the molecule is Cc1c(Cl)ccc([N+](=O)[O-])c1C(O)C(=O)O. The zero-order valence-corrected chi connectivity index (χ0v) is 8.93. The third-order valence-corrected chi connectivity index (χ3v) is 2.54. The Morgan fingerprint density at radius 1 is 1.56 bits per heavy atom. The van der Waals surface area contributed by atoms with Crippen molar-refractivity contribution in [2.24, 2.45) is 0 Å². The molecule has 7 heteroatoms. The van der Waals surface area contributed by atoms with Gasteiger partial charge in [0.25, 0.3) is 5.69 Å². The molecule has 1 rings (SSSR count). The Hall–Kier alpha value is -1.66. The lowest BCUT2D eigenvalue weighted by Crippen LogP contribution is -2.14. The lowest BCUT2D eigenvalue weighted by atomic mass is 10.0. The zero-order valence-electron chi connectivity index (χ0n) is 8.18. The lowest BCUT2D eigenvalue weighted by molar-refractivity contribution is -0.386. The van der Waals surface area contributed by atoms with Crippen molar-refractivity contribution < 1.29 is 19.9 Å². The van der Waals surface area contributed by atoms with E-state index in [0.717, 1.165) is 6.07 Å². The summed E-state index contributed by atoms with van der Waals surface area (Å²) >= 11 is 5.71. The number of aliphatic hydroxyl groups excluding tert-OH is 1. The summed E-state index contributed by atoms with van der Waals surface area (Å²) in [6.07, 6.45) is -1.96. The van der Waals surface area contributed by atoms with Crippen molar-refractivity contribution in [2.45, 2.75) is 13.0 Å². The molecule has 86 valence electrons. The molecule has 0 radical (unpaired) electrons. The van der Waals surface area contributed by atoms with Crippen LogP contribution in [-0.2, 0) is 4.79 Å². The Morgan fingerprint density at radius 2 is 2.12 bits per heavy atom. The van der Waals surface area contributed by atoms with Crippen molar-refractivity contribution in [1.29, 1.82) is 0 Å². The summed E-state index contributed by atoms with van der Waals surface area (Å²) < 4.78 is 0. The highest BCUT2D eigenvalue weighted by atomic mass is 35.5. The third-order valence-electron chi connectivity index (χ3n) is 2.13. The van der Waals surface area contributed by atoms with Gasteiger partial charge in [0.2, 0.25) is 0 Å². The molecule has 0 heterocycles. The molecule has 0 bridgehead atoms. The van der Waals surface area contributed by atoms with Gasteiger partial charge in [-0.2, -0.15) is 0 Å². The molecule has 0 aromatic heterocycles. The number of carboxylic acid groups (broad SMARTS) is 1. The number of aliphatic carboxylic acids is 1. The first-order valence-electron chi connectivity index (χ1n) is 4.20. The van der Waals surface area contributed by atoms with E-state index in [0.29, 0.717) is 0 Å². The predicted octanol–water partition coefficient (Wildman–Crippen LogP) is 1.67. The van der Waals surface area contributed by atoms with Gasteiger partial charge in [0.1, 0.15) is 0 Å². The molecule has 1 unspecified atom stereocenters. The van der Waals surface area contributed by atoms with Gasteiger partial charge in [-0.1, -0.05) is 11.6 Å². The smallest absolute Gasteiger partial charge is 0.337 e. The van der Waals surface area contributed by atoms with Gasteiger partial charge < -0.3 is 10.2 Å². The summed E-state index contributed by atoms with van der Waals surface area (Å²) in [7, 11) is 0. The van der Waals surface area contributed by atoms with Crippen molar-refractivity contribution in [3.8, 4) is 0 Å². The molecule has 0 saturated heterocycles. The first kappa shape index (κ1) is 12.4. The van der Waals surface area contributed by atoms with Gasteiger partial charge in [0.15, 0.2) is 6.10 Å². The highest BCUT2D eigenvalue weighted by Gasteiger charge is 2.28. The maximum Gasteiger partial charge on any atom is 0.337 e. The van der Waals surface area contributed by atoms with E-state index in [1.807, 2.05) is 0 Å². The van der Waals surface area contributed by atoms with Crippen LogP contribution in [0.4, 0.5) is 5.69 Å². The lowest BCUT2D eigenvalue weighted by Gasteiger charge is -2.10. The Balaban J connectivity index is 3.49. The average Bonchev–Trinajstić information content (AvgIpc) is 2.20. The molecular weight excluding hydrogens is 238 g/mol. The molecule has 0 fully saturated rings. The molecule has 1 aromatic carbocycles. The summed E-state index contributed by atoms with van der Waals surface area (Å²) in [6, 6.07) is 2.35. The van der Waals surface area contributed by atoms with Crippen LogP contribution in [0.5, 0.6) is 0 Å². The number of carboxylic acids is 1. The Labute approximate surface area is 95.2 Å². The number of nitro benzene ring substituents is 1. The van der Waals surface area contributed by atoms with E-state index in [2.05, 4.69) is 0 Å². The summed E-state index contributed by atoms with van der Waals surface area (Å²) in [5.74, 6) is -1.56. The highest BCUT2D eigenvalue weighted by Crippen LogP contribution is 2.32. The van der Waals surface area contributed by atoms with E-state index < -0.39 is 22.7 Å². The minimum absolute atomic E-state index is 0.168. The second kappa shape index (κ2) is 4.46. The van der Waals surface area contributed by atoms with Crippen molar-refractivity contribution >= 4 is 23.3 Å². The molecule has 6 nitrogen and oxygen atoms in total. The van der Waals surface area contributed by atoms with Crippen molar-refractivity contribution in [2.75, 3.05) is 0 Å². The van der Waals surface area contributed by atoms with E-state index in [-0.39, 0.29) is 16.1 Å². The van der Waals surface area contributed by atoms with E-state index in [9.17, 15) is 20.0 Å². The number of carbonyl (C=O) groups is 1. The Kier molecular flexibility index (Phi) is 3.46. The minimum atomic E-state index is -1.96. The van der Waals surface area contributed by atoms with E-state index in [1.54, 1.807) is 0 Å². The number of hydrogen-bond acceptors (Lipinski definition) is 4. The Bertz CT molecular complexity index is 459. The second-order valence-electron chi connectivity index (χ2n) is 3.10. The third kappa shape index (κ3) is 2.12. The quantitative estimate of drug-likeness (QED) is 0.623. The van der Waals surface area contributed by atoms with Gasteiger partial charge in [-0.3, -0.25) is 10.1 Å². The number of rotatable bonds is 3. The first-order chi connectivity index (χ1) is 7.36. The topological polar surface area (TPSA) is 101 Å². The van der Waals surface area contributed by atoms with Crippen LogP contribution in [0.15, 0.2) is 12.1 Å². The first-order valence-corrected chi connectivity index (χ1v) is 4.58. The van der Waals surface area contributed by atoms with Crippen LogP contribution >= 0.6 is 11.6 Å². The molecule has 1 atom stereocenters. The molecule has 0 amide bonds. The van der Waals surface area contributed by atoms with Gasteiger partial charge in [0, 0.05) is 11.1 Å². The summed E-state index contributed by atoms with van der Waals surface area (Å²) in [5.41, 5.74) is -0.562. The van der Waals surface area contributed by atoms with Gasteiger partial charge in [-0.15, -0.1) is 0 Å². The van der Waals surface area contributed by atoms with Crippen LogP contribution in [-0.4, -0.2) is 21.1 Å². The number of nitro groups is 1. The van der Waals surface area contributed by atoms with Gasteiger partial charge in [0.05, 0.1) is 10.5 Å². The zero-order chi connectivity index (χ0) is 12.5. The molecular formula is C9H8ClNO5. The Morgan fingerprint density at radius 3 is 2.56 bits per heavy atom. The summed E-state index contributed by atoms with van der Waals surface area (Å²) in [4.78, 5) is 20.5. The molecule has 0 saturated carbocycles. The van der Waals surface area contributed by atoms with E-state index in [1.165, 1.54) is 13.0 Å². The molecule has 2 N–H and O–H groups in total. The van der Waals surface area contributed by atoms with E-state index >= 15 is 0 Å². The van der Waals surface area contributed by atoms with Gasteiger partial charge in [-0.05, 0) is 18.6 Å². The van der Waals surface area contributed by atoms with Crippen LogP contribution in [0.2, 0.25) is 5.02 Å². The molecule has 16 heavy (non-hydrogen) atoms. The molecule has 0 spiro atoms. The summed E-state index contributed by atoms with van der Waals surface area (Å²) in [5, 5.41) is 28.8. The fourth-order valence-electron chi connectivity index (χ4n) is 1.32. The predicted molar refractivity (Wildman–Crippen MR) is 55.4 cm³/mol. The normalized spacial score (nSPS) is 12.2. The van der Waals surface area contributed by atoms with Crippen molar-refractivity contribution in [1.82, 2.24) is 0 Å². The largest absolute Gasteiger partial charge is 0.479 e. The number of hydrogen-bond donors (Lipinski definition) is 2. The van der Waals surface area contributed by atoms with Crippen LogP contribution < -0.4 is 0 Å². The number of benzene rings is 1. The number of aliphatic hydroxyl groups is 1. The maximum atomic E-state index is 10.7. The van der Waals surface area contributed by atoms with Crippen LogP contribution in [0.1, 0.15) is 17.2 Å². The highest BCUT2D eigenvalue weighted by molar-refractivity contribution is 6.31. The molecule has 0 aliphatic heterocycles. The fourth-order valence-corrected chi connectivity index (χ4v) is 1.48. The fraction of sp³-hybridized carbons (Fsp3) is 0.222. The van der Waals surface area contributed by atoms with E-state index in [4.69, 9.17) is 16.7 Å². The van der Waals surface area contributed by atoms with Gasteiger partial charge >= 0.3 is 5.97 Å². The standard InChI is InChI=1S/C9H8ClNO5/c1-4-5(10)2-3-6(11(15)16)7(4)8(12)9(13)14/h2-3,8,12H,1H3,(H,13,14). The number of halogens is 1. The molecule has 1 aromatic rings. The van der Waals surface area contributed by atoms with Crippen LogP contribution in [0, 0.1) is 17.0 Å². The van der Waals surface area contributed by atoms with Crippen molar-refractivity contribution in [3.63, 3.8) is 0 Å². The average molecular weight is 246 g/mol. The van der Waals surface area contributed by atoms with Gasteiger partial charge in [-0.25, -0.2) is 4.79 Å². The van der Waals surface area contributed by atoms with Crippen LogP contribution in [0.3, 0.4) is 0 Å².